The van der Waals surface area contributed by atoms with Gasteiger partial charge in [0.15, 0.2) is 6.61 Å². The summed E-state index contributed by atoms with van der Waals surface area (Å²) in [5.74, 6) is -4.54. The van der Waals surface area contributed by atoms with Gasteiger partial charge in [0.2, 0.25) is 0 Å². The minimum atomic E-state index is -5.69. The SMILES string of the molecule is O=C(O)C1CCCCC1C(=O)OCC(F)(F)S(=O)(=O)O. The van der Waals surface area contributed by atoms with E-state index in [1.54, 1.807) is 0 Å². The number of carbonyl (C=O) groups is 2. The summed E-state index contributed by atoms with van der Waals surface area (Å²) in [5, 5.41) is 4.31. The van der Waals surface area contributed by atoms with E-state index in [9.17, 15) is 26.8 Å². The third-order valence-corrected chi connectivity index (χ3v) is 4.02. The minimum absolute atomic E-state index is 0.174. The molecular weight excluding hydrogens is 302 g/mol. The van der Waals surface area contributed by atoms with Crippen LogP contribution < -0.4 is 0 Å². The first-order valence-electron chi connectivity index (χ1n) is 5.80. The molecule has 20 heavy (non-hydrogen) atoms. The van der Waals surface area contributed by atoms with Crippen molar-refractivity contribution >= 4 is 22.1 Å². The predicted molar refractivity (Wildman–Crippen MR) is 60.5 cm³/mol. The van der Waals surface area contributed by atoms with Crippen LogP contribution in [0.3, 0.4) is 0 Å². The average Bonchev–Trinajstić information content (AvgIpc) is 2.34. The van der Waals surface area contributed by atoms with Crippen molar-refractivity contribution in [2.75, 3.05) is 6.61 Å². The highest BCUT2D eigenvalue weighted by Gasteiger charge is 2.46. The quantitative estimate of drug-likeness (QED) is 0.571. The molecule has 1 saturated carbocycles. The van der Waals surface area contributed by atoms with E-state index in [1.807, 2.05) is 0 Å². The van der Waals surface area contributed by atoms with E-state index < -0.39 is 45.8 Å². The lowest BCUT2D eigenvalue weighted by Crippen LogP contribution is -2.38. The number of aliphatic carboxylic acids is 1. The van der Waals surface area contributed by atoms with E-state index >= 15 is 0 Å². The molecule has 0 spiro atoms. The highest BCUT2D eigenvalue weighted by atomic mass is 32.2. The van der Waals surface area contributed by atoms with Crippen LogP contribution in [0.15, 0.2) is 0 Å². The van der Waals surface area contributed by atoms with Crippen molar-refractivity contribution in [3.63, 3.8) is 0 Å². The summed E-state index contributed by atoms with van der Waals surface area (Å²) in [7, 11) is -5.69. The van der Waals surface area contributed by atoms with Crippen LogP contribution in [0.25, 0.3) is 0 Å². The molecule has 2 atom stereocenters. The van der Waals surface area contributed by atoms with Crippen molar-refractivity contribution in [3.05, 3.63) is 0 Å². The summed E-state index contributed by atoms with van der Waals surface area (Å²) in [4.78, 5) is 22.5. The van der Waals surface area contributed by atoms with Crippen LogP contribution in [0.2, 0.25) is 0 Å². The Kier molecular flexibility index (Phi) is 5.03. The molecule has 7 nitrogen and oxygen atoms in total. The van der Waals surface area contributed by atoms with Gasteiger partial charge in [-0.1, -0.05) is 12.8 Å². The maximum Gasteiger partial charge on any atom is 0.402 e. The van der Waals surface area contributed by atoms with Gasteiger partial charge in [0.1, 0.15) is 0 Å². The van der Waals surface area contributed by atoms with E-state index in [1.165, 1.54) is 0 Å². The highest BCUT2D eigenvalue weighted by molar-refractivity contribution is 7.86. The lowest BCUT2D eigenvalue weighted by Gasteiger charge is -2.27. The van der Waals surface area contributed by atoms with Gasteiger partial charge in [-0.15, -0.1) is 0 Å². The summed E-state index contributed by atoms with van der Waals surface area (Å²) in [5.41, 5.74) is 0. The van der Waals surface area contributed by atoms with E-state index in [-0.39, 0.29) is 12.8 Å². The number of esters is 1. The number of carbonyl (C=O) groups excluding carboxylic acids is 1. The number of halogens is 2. The Balaban J connectivity index is 2.69. The summed E-state index contributed by atoms with van der Waals surface area (Å²) >= 11 is 0. The van der Waals surface area contributed by atoms with Crippen LogP contribution in [0.1, 0.15) is 25.7 Å². The number of hydrogen-bond donors (Lipinski definition) is 2. The molecule has 2 unspecified atom stereocenters. The first-order chi connectivity index (χ1) is 9.06. The van der Waals surface area contributed by atoms with Gasteiger partial charge in [-0.25, -0.2) is 0 Å². The first-order valence-corrected chi connectivity index (χ1v) is 7.24. The van der Waals surface area contributed by atoms with Crippen LogP contribution in [0.5, 0.6) is 0 Å². The molecule has 0 aromatic heterocycles. The van der Waals surface area contributed by atoms with E-state index in [0.29, 0.717) is 12.8 Å². The molecule has 0 heterocycles. The standard InChI is InChI=1S/C10H14F2O7S/c11-10(12,20(16,17)18)5-19-9(15)7-4-2-1-3-6(7)8(13)14/h6-7H,1-5H2,(H,13,14)(H,16,17,18). The molecule has 10 heteroatoms. The Morgan fingerprint density at radius 3 is 2.15 bits per heavy atom. The number of carboxylic acids is 1. The van der Waals surface area contributed by atoms with Crippen LogP contribution in [-0.4, -0.2) is 41.9 Å². The Labute approximate surface area is 113 Å². The van der Waals surface area contributed by atoms with Crippen molar-refractivity contribution in [1.82, 2.24) is 0 Å². The third kappa shape index (κ3) is 3.85. The molecule has 0 amide bonds. The van der Waals surface area contributed by atoms with Gasteiger partial charge in [0.05, 0.1) is 11.8 Å². The topological polar surface area (TPSA) is 118 Å². The molecule has 2 N–H and O–H groups in total. The molecule has 1 aliphatic rings. The maximum absolute atomic E-state index is 12.9. The van der Waals surface area contributed by atoms with Gasteiger partial charge in [-0.3, -0.25) is 14.1 Å². The second kappa shape index (κ2) is 6.00. The van der Waals surface area contributed by atoms with E-state index in [4.69, 9.17) is 9.66 Å². The molecule has 0 bridgehead atoms. The fourth-order valence-corrected chi connectivity index (χ4v) is 2.25. The van der Waals surface area contributed by atoms with Gasteiger partial charge in [-0.05, 0) is 12.8 Å². The fourth-order valence-electron chi connectivity index (χ4n) is 2.05. The maximum atomic E-state index is 12.9. The Morgan fingerprint density at radius 1 is 1.20 bits per heavy atom. The zero-order valence-corrected chi connectivity index (χ0v) is 11.1. The Morgan fingerprint density at radius 2 is 1.70 bits per heavy atom. The molecule has 0 aromatic carbocycles. The van der Waals surface area contributed by atoms with Gasteiger partial charge in [0, 0.05) is 0 Å². The van der Waals surface area contributed by atoms with Gasteiger partial charge >= 0.3 is 27.3 Å². The summed E-state index contributed by atoms with van der Waals surface area (Å²) in [6.45, 7) is -1.84. The molecule has 0 saturated heterocycles. The zero-order chi connectivity index (χ0) is 15.6. The molecule has 0 aliphatic heterocycles. The third-order valence-electron chi connectivity index (χ3n) is 3.15. The van der Waals surface area contributed by atoms with E-state index in [2.05, 4.69) is 4.74 Å². The van der Waals surface area contributed by atoms with Gasteiger partial charge < -0.3 is 9.84 Å². The fraction of sp³-hybridized carbons (Fsp3) is 0.800. The second-order valence-corrected chi connectivity index (χ2v) is 6.10. The Hall–Kier alpha value is -1.29. The van der Waals surface area contributed by atoms with Crippen LogP contribution in [0, 0.1) is 11.8 Å². The summed E-state index contributed by atoms with van der Waals surface area (Å²) < 4.78 is 58.8. The van der Waals surface area contributed by atoms with Crippen LogP contribution in [0.4, 0.5) is 8.78 Å². The monoisotopic (exact) mass is 316 g/mol. The lowest BCUT2D eigenvalue weighted by molar-refractivity contribution is -0.163. The van der Waals surface area contributed by atoms with Crippen LogP contribution >= 0.6 is 0 Å². The average molecular weight is 316 g/mol. The van der Waals surface area contributed by atoms with Crippen molar-refractivity contribution in [2.24, 2.45) is 11.8 Å². The van der Waals surface area contributed by atoms with Crippen molar-refractivity contribution in [1.29, 1.82) is 0 Å². The van der Waals surface area contributed by atoms with E-state index in [0.717, 1.165) is 0 Å². The van der Waals surface area contributed by atoms with Crippen molar-refractivity contribution in [3.8, 4) is 0 Å². The second-order valence-electron chi connectivity index (χ2n) is 4.56. The largest absolute Gasteiger partial charge is 0.481 e. The lowest BCUT2D eigenvalue weighted by atomic mass is 9.79. The number of rotatable bonds is 5. The predicted octanol–water partition coefficient (Wildman–Crippen LogP) is 0.901. The molecular formula is C10H14F2O7S. The number of ether oxygens (including phenoxy) is 1. The van der Waals surface area contributed by atoms with Gasteiger partial charge in [-0.2, -0.15) is 17.2 Å². The van der Waals surface area contributed by atoms with Crippen molar-refractivity contribution < 1.29 is 41.2 Å². The number of hydrogen-bond acceptors (Lipinski definition) is 5. The van der Waals surface area contributed by atoms with Crippen LogP contribution in [-0.2, 0) is 24.4 Å². The molecule has 0 aromatic rings. The number of carboxylic acid groups (broad SMARTS) is 1. The molecule has 1 fully saturated rings. The molecule has 1 rings (SSSR count). The Bertz CT molecular complexity index is 488. The van der Waals surface area contributed by atoms with Gasteiger partial charge in [0.25, 0.3) is 0 Å². The smallest absolute Gasteiger partial charge is 0.402 e. The summed E-state index contributed by atoms with van der Waals surface area (Å²) in [6.07, 6.45) is 1.55. The molecule has 0 radical (unpaired) electrons. The normalized spacial score (nSPS) is 24.1. The molecule has 1 aliphatic carbocycles. The zero-order valence-electron chi connectivity index (χ0n) is 10.3. The summed E-state index contributed by atoms with van der Waals surface area (Å²) in [6, 6.07) is 0. The first kappa shape index (κ1) is 16.8. The number of alkyl halides is 2. The highest BCUT2D eigenvalue weighted by Crippen LogP contribution is 2.32. The van der Waals surface area contributed by atoms with Crippen molar-refractivity contribution in [2.45, 2.75) is 30.9 Å². The molecule has 116 valence electrons. The minimum Gasteiger partial charge on any atom is -0.481 e.